The van der Waals surface area contributed by atoms with E-state index in [9.17, 15) is 18.1 Å². The number of hydrogen-bond acceptors (Lipinski definition) is 6. The summed E-state index contributed by atoms with van der Waals surface area (Å²) in [5, 5.41) is 4.99. The first-order valence-corrected chi connectivity index (χ1v) is 12.8. The molecule has 2 amide bonds. The molecule has 2 aromatic heterocycles. The maximum absolute atomic E-state index is 12.7. The summed E-state index contributed by atoms with van der Waals surface area (Å²) in [6, 6.07) is 13.1. The summed E-state index contributed by atoms with van der Waals surface area (Å²) in [5.41, 5.74) is 9.73. The number of primary amides is 1. The fraction of sp³-hybridized carbons (Fsp3) is 0.233. The van der Waals surface area contributed by atoms with Gasteiger partial charge in [0.05, 0.1) is 18.5 Å². The Kier molecular flexibility index (Phi) is 11.3. The summed E-state index contributed by atoms with van der Waals surface area (Å²) < 4.78 is 43.2. The SMILES string of the molecule is CCOc1cc(-c2cc(NC(=O)C(/C=C/C(F)F)=C/C=N\F)ccc2C)cc(-c2ccnc(C3CC3)c2)n1.NC=O. The Labute approximate surface area is 235 Å². The summed E-state index contributed by atoms with van der Waals surface area (Å²) in [4.78, 5) is 30.5. The van der Waals surface area contributed by atoms with Gasteiger partial charge in [0.15, 0.2) is 0 Å². The molecule has 0 bridgehead atoms. The number of nitrogens with one attached hydrogen (secondary N) is 1. The van der Waals surface area contributed by atoms with Crippen LogP contribution in [0.25, 0.3) is 22.4 Å². The smallest absolute Gasteiger partial charge is 0.257 e. The molecule has 0 radical (unpaired) electrons. The number of allylic oxidation sites excluding steroid dienone is 2. The van der Waals surface area contributed by atoms with Crippen molar-refractivity contribution in [2.45, 2.75) is 39.0 Å². The van der Waals surface area contributed by atoms with Gasteiger partial charge in [0.1, 0.15) is 0 Å². The second kappa shape index (κ2) is 15.1. The number of halogens is 3. The molecule has 11 heteroatoms. The average Bonchev–Trinajstić information content (AvgIpc) is 3.80. The van der Waals surface area contributed by atoms with Gasteiger partial charge in [-0.1, -0.05) is 15.8 Å². The highest BCUT2D eigenvalue weighted by molar-refractivity contribution is 6.08. The number of benzene rings is 1. The van der Waals surface area contributed by atoms with E-state index in [2.05, 4.69) is 32.3 Å². The molecule has 3 aromatic rings. The molecule has 0 unspecified atom stereocenters. The quantitative estimate of drug-likeness (QED) is 0.133. The molecule has 1 fully saturated rings. The summed E-state index contributed by atoms with van der Waals surface area (Å²) in [6.45, 7) is 4.26. The van der Waals surface area contributed by atoms with Crippen molar-refractivity contribution in [1.29, 1.82) is 0 Å². The molecule has 2 heterocycles. The third kappa shape index (κ3) is 9.13. The number of rotatable bonds is 10. The van der Waals surface area contributed by atoms with Gasteiger partial charge in [-0.2, -0.15) is 0 Å². The first-order chi connectivity index (χ1) is 19.8. The average molecular weight is 566 g/mol. The van der Waals surface area contributed by atoms with Gasteiger partial charge in [0.2, 0.25) is 12.3 Å². The van der Waals surface area contributed by atoms with E-state index in [1.165, 1.54) is 0 Å². The van der Waals surface area contributed by atoms with Crippen molar-refractivity contribution >= 4 is 24.2 Å². The first kappa shape index (κ1) is 30.7. The van der Waals surface area contributed by atoms with Crippen LogP contribution in [0, 0.1) is 6.92 Å². The second-order valence-electron chi connectivity index (χ2n) is 8.94. The van der Waals surface area contributed by atoms with Crippen LogP contribution in [0.2, 0.25) is 0 Å². The van der Waals surface area contributed by atoms with Crippen LogP contribution in [0.5, 0.6) is 5.88 Å². The zero-order chi connectivity index (χ0) is 29.8. The lowest BCUT2D eigenvalue weighted by Crippen LogP contribution is -2.14. The van der Waals surface area contributed by atoms with E-state index in [0.29, 0.717) is 36.4 Å². The van der Waals surface area contributed by atoms with Crippen molar-refractivity contribution in [3.63, 3.8) is 0 Å². The minimum atomic E-state index is -2.76. The van der Waals surface area contributed by atoms with Crippen molar-refractivity contribution in [3.8, 4) is 28.3 Å². The molecule has 1 aromatic carbocycles. The predicted molar refractivity (Wildman–Crippen MR) is 152 cm³/mol. The minimum Gasteiger partial charge on any atom is -0.478 e. The van der Waals surface area contributed by atoms with Crippen LogP contribution in [-0.2, 0) is 9.59 Å². The summed E-state index contributed by atoms with van der Waals surface area (Å²) >= 11 is 0. The van der Waals surface area contributed by atoms with E-state index in [-0.39, 0.29) is 12.0 Å². The van der Waals surface area contributed by atoms with Gasteiger partial charge in [-0.3, -0.25) is 14.6 Å². The van der Waals surface area contributed by atoms with E-state index >= 15 is 0 Å². The molecular weight excluding hydrogens is 535 g/mol. The number of carbonyl (C=O) groups excluding carboxylic acids is 2. The monoisotopic (exact) mass is 565 g/mol. The Morgan fingerprint density at radius 2 is 1.95 bits per heavy atom. The molecule has 1 aliphatic carbocycles. The van der Waals surface area contributed by atoms with Crippen LogP contribution in [0.1, 0.15) is 36.9 Å². The van der Waals surface area contributed by atoms with E-state index in [1.54, 1.807) is 18.3 Å². The van der Waals surface area contributed by atoms with Crippen molar-refractivity contribution in [1.82, 2.24) is 9.97 Å². The number of ether oxygens (including phenoxy) is 1. The molecule has 41 heavy (non-hydrogen) atoms. The molecule has 1 aliphatic rings. The Hall–Kier alpha value is -4.80. The zero-order valence-corrected chi connectivity index (χ0v) is 22.6. The van der Waals surface area contributed by atoms with Crippen LogP contribution in [-0.4, -0.2) is 41.5 Å². The molecule has 0 saturated heterocycles. The van der Waals surface area contributed by atoms with Crippen LogP contribution in [0.15, 0.2) is 77.7 Å². The molecule has 0 atom stereocenters. The van der Waals surface area contributed by atoms with E-state index in [0.717, 1.165) is 58.6 Å². The van der Waals surface area contributed by atoms with Crippen molar-refractivity contribution in [2.24, 2.45) is 10.9 Å². The normalized spacial score (nSPS) is 13.3. The van der Waals surface area contributed by atoms with Gasteiger partial charge < -0.3 is 15.8 Å². The molecule has 214 valence electrons. The van der Waals surface area contributed by atoms with E-state index < -0.39 is 12.3 Å². The highest BCUT2D eigenvalue weighted by Crippen LogP contribution is 2.40. The number of anilines is 1. The lowest BCUT2D eigenvalue weighted by atomic mass is 9.98. The zero-order valence-electron chi connectivity index (χ0n) is 22.6. The highest BCUT2D eigenvalue weighted by Gasteiger charge is 2.25. The maximum Gasteiger partial charge on any atom is 0.257 e. The highest BCUT2D eigenvalue weighted by atomic mass is 19.3. The van der Waals surface area contributed by atoms with Crippen molar-refractivity contribution < 1.29 is 27.6 Å². The molecule has 3 N–H and O–H groups in total. The number of nitrogens with two attached hydrogens (primary N) is 1. The van der Waals surface area contributed by atoms with Gasteiger partial charge in [0.25, 0.3) is 12.3 Å². The van der Waals surface area contributed by atoms with Crippen molar-refractivity contribution in [2.75, 3.05) is 11.9 Å². The third-order valence-electron chi connectivity index (χ3n) is 5.97. The molecule has 4 rings (SSSR count). The van der Waals surface area contributed by atoms with Crippen molar-refractivity contribution in [3.05, 3.63) is 83.7 Å². The van der Waals surface area contributed by atoms with Crippen LogP contribution in [0.3, 0.4) is 0 Å². The number of alkyl halides is 2. The van der Waals surface area contributed by atoms with Crippen LogP contribution >= 0.6 is 0 Å². The summed E-state index contributed by atoms with van der Waals surface area (Å²) in [7, 11) is 0. The Balaban J connectivity index is 0.00000147. The lowest BCUT2D eigenvalue weighted by Gasteiger charge is -2.14. The number of amides is 2. The first-order valence-electron chi connectivity index (χ1n) is 12.8. The van der Waals surface area contributed by atoms with Crippen LogP contribution < -0.4 is 15.8 Å². The molecular formula is C30H30F3N5O3. The molecule has 8 nitrogen and oxygen atoms in total. The Bertz CT molecular complexity index is 1450. The topological polar surface area (TPSA) is 120 Å². The molecule has 1 saturated carbocycles. The van der Waals surface area contributed by atoms with Gasteiger partial charge in [0, 0.05) is 40.7 Å². The standard InChI is InChI=1S/C29H27F3N4O2.CH3NO/c1-3-38-28-16-22(15-26(36-28)21-10-12-33-25(14-21)19-5-6-19)24-17-23(8-4-18(24)2)35-29(37)20(11-13-34-32)7-9-27(30)31;2-1-3/h4,7-17,19,27H,3,5-6H2,1-2H3,(H,35,37);1H,(H2,2,3)/b9-7+,20-11+,34-13-;. The number of carbonyl (C=O) groups is 2. The largest absolute Gasteiger partial charge is 0.478 e. The number of nitrogens with zero attached hydrogens (tertiary/aromatic N) is 3. The second-order valence-corrected chi connectivity index (χ2v) is 8.94. The third-order valence-corrected chi connectivity index (χ3v) is 5.97. The minimum absolute atomic E-state index is 0.178. The van der Waals surface area contributed by atoms with E-state index in [4.69, 9.17) is 9.53 Å². The van der Waals surface area contributed by atoms with Gasteiger partial charge in [-0.15, -0.1) is 0 Å². The van der Waals surface area contributed by atoms with Gasteiger partial charge in [-0.25, -0.2) is 13.8 Å². The predicted octanol–water partition coefficient (Wildman–Crippen LogP) is 6.14. The van der Waals surface area contributed by atoms with Gasteiger partial charge >= 0.3 is 0 Å². The lowest BCUT2D eigenvalue weighted by molar-refractivity contribution is -0.112. The molecule has 0 aliphatic heterocycles. The summed E-state index contributed by atoms with van der Waals surface area (Å²) in [6.07, 6.45) is 4.75. The fourth-order valence-corrected chi connectivity index (χ4v) is 3.95. The Morgan fingerprint density at radius 1 is 1.20 bits per heavy atom. The van der Waals surface area contributed by atoms with E-state index in [1.807, 2.05) is 38.1 Å². The number of aromatic nitrogens is 2. The maximum atomic E-state index is 12.7. The fourth-order valence-electron chi connectivity index (χ4n) is 3.95. The van der Waals surface area contributed by atoms with Gasteiger partial charge in [-0.05, 0) is 91.9 Å². The molecule has 0 spiro atoms. The number of hydrogen-bond donors (Lipinski definition) is 2. The number of aryl methyl sites for hydroxylation is 1. The Morgan fingerprint density at radius 3 is 2.61 bits per heavy atom. The number of pyridine rings is 2. The summed E-state index contributed by atoms with van der Waals surface area (Å²) in [5.74, 6) is 0.274. The van der Waals surface area contributed by atoms with Crippen LogP contribution in [0.4, 0.5) is 18.9 Å².